The summed E-state index contributed by atoms with van der Waals surface area (Å²) >= 11 is 0. The Balaban J connectivity index is 1.85. The molecule has 88 valence electrons. The number of aromatic nitrogens is 3. The maximum Gasteiger partial charge on any atom is 0.136 e. The first-order chi connectivity index (χ1) is 7.84. The van der Waals surface area contributed by atoms with E-state index < -0.39 is 0 Å². The maximum absolute atomic E-state index is 9.57. The Hall–Kier alpha value is -0.940. The third-order valence-corrected chi connectivity index (χ3v) is 3.55. The summed E-state index contributed by atoms with van der Waals surface area (Å²) in [4.78, 5) is 0. The second kappa shape index (κ2) is 4.14. The van der Waals surface area contributed by atoms with Crippen molar-refractivity contribution in [3.63, 3.8) is 0 Å². The van der Waals surface area contributed by atoms with Gasteiger partial charge < -0.3 is 14.4 Å². The van der Waals surface area contributed by atoms with Crippen LogP contribution < -0.4 is 0 Å². The second-order valence-corrected chi connectivity index (χ2v) is 4.66. The summed E-state index contributed by atoms with van der Waals surface area (Å²) < 4.78 is 7.56. The summed E-state index contributed by atoms with van der Waals surface area (Å²) in [6.07, 6.45) is 3.32. The summed E-state index contributed by atoms with van der Waals surface area (Å²) in [5, 5.41) is 18.1. The van der Waals surface area contributed by atoms with Crippen LogP contribution in [-0.4, -0.2) is 39.2 Å². The monoisotopic (exact) mass is 223 g/mol. The fourth-order valence-corrected chi connectivity index (χ4v) is 2.59. The smallest absolute Gasteiger partial charge is 0.136 e. The van der Waals surface area contributed by atoms with E-state index in [4.69, 9.17) is 4.74 Å². The SMILES string of the molecule is OC1CCn2c(nnc2C2CCOCC2)C1. The molecule has 0 bridgehead atoms. The lowest BCUT2D eigenvalue weighted by Crippen LogP contribution is -2.26. The van der Waals surface area contributed by atoms with Crippen molar-refractivity contribution in [2.75, 3.05) is 13.2 Å². The van der Waals surface area contributed by atoms with Crippen molar-refractivity contribution in [1.29, 1.82) is 0 Å². The summed E-state index contributed by atoms with van der Waals surface area (Å²) in [6.45, 7) is 2.52. The number of hydrogen-bond acceptors (Lipinski definition) is 4. The normalized spacial score (nSPS) is 26.7. The van der Waals surface area contributed by atoms with Gasteiger partial charge in [-0.3, -0.25) is 0 Å². The molecule has 16 heavy (non-hydrogen) atoms. The average molecular weight is 223 g/mol. The molecule has 1 N–H and O–H groups in total. The summed E-state index contributed by atoms with van der Waals surface area (Å²) in [6, 6.07) is 0. The predicted molar refractivity (Wildman–Crippen MR) is 57.1 cm³/mol. The lowest BCUT2D eigenvalue weighted by atomic mass is 9.98. The van der Waals surface area contributed by atoms with Crippen molar-refractivity contribution in [2.45, 2.75) is 44.2 Å². The van der Waals surface area contributed by atoms with Crippen molar-refractivity contribution in [2.24, 2.45) is 0 Å². The number of aliphatic hydroxyl groups excluding tert-OH is 1. The van der Waals surface area contributed by atoms with Crippen LogP contribution in [-0.2, 0) is 17.7 Å². The van der Waals surface area contributed by atoms with Crippen LogP contribution in [0.25, 0.3) is 0 Å². The first-order valence-electron chi connectivity index (χ1n) is 6.02. The minimum absolute atomic E-state index is 0.237. The van der Waals surface area contributed by atoms with Gasteiger partial charge in [0.05, 0.1) is 6.10 Å². The molecular weight excluding hydrogens is 206 g/mol. The number of ether oxygens (including phenoxy) is 1. The molecule has 1 atom stereocenters. The Morgan fingerprint density at radius 3 is 2.81 bits per heavy atom. The van der Waals surface area contributed by atoms with Crippen LogP contribution in [0.4, 0.5) is 0 Å². The number of rotatable bonds is 1. The van der Waals surface area contributed by atoms with Gasteiger partial charge in [-0.15, -0.1) is 10.2 Å². The van der Waals surface area contributed by atoms with Crippen LogP contribution in [0.1, 0.15) is 36.8 Å². The second-order valence-electron chi connectivity index (χ2n) is 4.66. The van der Waals surface area contributed by atoms with Crippen LogP contribution in [0.5, 0.6) is 0 Å². The minimum Gasteiger partial charge on any atom is -0.393 e. The van der Waals surface area contributed by atoms with Gasteiger partial charge in [0.25, 0.3) is 0 Å². The molecule has 1 unspecified atom stereocenters. The van der Waals surface area contributed by atoms with Crippen molar-refractivity contribution in [3.05, 3.63) is 11.6 Å². The maximum atomic E-state index is 9.57. The van der Waals surface area contributed by atoms with E-state index in [0.717, 1.165) is 50.7 Å². The van der Waals surface area contributed by atoms with E-state index in [2.05, 4.69) is 14.8 Å². The van der Waals surface area contributed by atoms with Gasteiger partial charge in [0.15, 0.2) is 0 Å². The lowest BCUT2D eigenvalue weighted by molar-refractivity contribution is 0.0817. The summed E-state index contributed by atoms with van der Waals surface area (Å²) in [7, 11) is 0. The van der Waals surface area contributed by atoms with Gasteiger partial charge in [-0.05, 0) is 19.3 Å². The van der Waals surface area contributed by atoms with Gasteiger partial charge in [0, 0.05) is 32.1 Å². The third-order valence-electron chi connectivity index (χ3n) is 3.55. The fraction of sp³-hybridized carbons (Fsp3) is 0.818. The van der Waals surface area contributed by atoms with Crippen LogP contribution >= 0.6 is 0 Å². The molecule has 0 amide bonds. The first-order valence-corrected chi connectivity index (χ1v) is 6.02. The number of fused-ring (bicyclic) bond motifs is 1. The molecule has 0 radical (unpaired) electrons. The Labute approximate surface area is 94.4 Å². The number of nitrogens with zero attached hydrogens (tertiary/aromatic N) is 3. The van der Waals surface area contributed by atoms with Crippen LogP contribution in [0.15, 0.2) is 0 Å². The minimum atomic E-state index is -0.237. The van der Waals surface area contributed by atoms with Crippen LogP contribution in [0.3, 0.4) is 0 Å². The third kappa shape index (κ3) is 1.74. The molecule has 0 saturated carbocycles. The van der Waals surface area contributed by atoms with Gasteiger partial charge in [0.1, 0.15) is 11.6 Å². The highest BCUT2D eigenvalue weighted by atomic mass is 16.5. The van der Waals surface area contributed by atoms with E-state index in [-0.39, 0.29) is 6.10 Å². The largest absolute Gasteiger partial charge is 0.393 e. The van der Waals surface area contributed by atoms with E-state index in [1.807, 2.05) is 0 Å². The van der Waals surface area contributed by atoms with Crippen molar-refractivity contribution in [3.8, 4) is 0 Å². The molecule has 3 rings (SSSR count). The first kappa shape index (κ1) is 10.2. The molecule has 0 spiro atoms. The van der Waals surface area contributed by atoms with Gasteiger partial charge in [-0.1, -0.05) is 0 Å². The van der Waals surface area contributed by atoms with Crippen molar-refractivity contribution >= 4 is 0 Å². The molecule has 1 aromatic rings. The molecule has 1 fully saturated rings. The topological polar surface area (TPSA) is 60.2 Å². The molecule has 3 heterocycles. The quantitative estimate of drug-likeness (QED) is 0.752. The molecule has 0 aliphatic carbocycles. The molecule has 5 nitrogen and oxygen atoms in total. The zero-order chi connectivity index (χ0) is 11.0. The highest BCUT2D eigenvalue weighted by Gasteiger charge is 2.26. The Bertz CT molecular complexity index is 371. The predicted octanol–water partition coefficient (Wildman–Crippen LogP) is 0.479. The van der Waals surface area contributed by atoms with Crippen LogP contribution in [0.2, 0.25) is 0 Å². The van der Waals surface area contributed by atoms with E-state index in [1.165, 1.54) is 0 Å². The van der Waals surface area contributed by atoms with Gasteiger partial charge in [0.2, 0.25) is 0 Å². The number of hydrogen-bond donors (Lipinski definition) is 1. The van der Waals surface area contributed by atoms with E-state index in [0.29, 0.717) is 12.3 Å². The van der Waals surface area contributed by atoms with E-state index in [1.54, 1.807) is 0 Å². The molecule has 1 saturated heterocycles. The van der Waals surface area contributed by atoms with Crippen LogP contribution in [0, 0.1) is 0 Å². The van der Waals surface area contributed by atoms with Crippen molar-refractivity contribution < 1.29 is 9.84 Å². The van der Waals surface area contributed by atoms with Gasteiger partial charge in [-0.25, -0.2) is 0 Å². The summed E-state index contributed by atoms with van der Waals surface area (Å²) in [5.74, 6) is 2.54. The zero-order valence-electron chi connectivity index (χ0n) is 9.30. The van der Waals surface area contributed by atoms with Gasteiger partial charge in [-0.2, -0.15) is 0 Å². The van der Waals surface area contributed by atoms with E-state index >= 15 is 0 Å². The summed E-state index contributed by atoms with van der Waals surface area (Å²) in [5.41, 5.74) is 0. The highest BCUT2D eigenvalue weighted by Crippen LogP contribution is 2.27. The Kier molecular flexibility index (Phi) is 2.65. The Morgan fingerprint density at radius 1 is 1.19 bits per heavy atom. The molecular formula is C11H17N3O2. The molecule has 2 aliphatic rings. The molecule has 5 heteroatoms. The number of aliphatic hydroxyl groups is 1. The lowest BCUT2D eigenvalue weighted by Gasteiger charge is -2.25. The Morgan fingerprint density at radius 2 is 2.00 bits per heavy atom. The highest BCUT2D eigenvalue weighted by molar-refractivity contribution is 5.06. The molecule has 2 aliphatic heterocycles. The van der Waals surface area contributed by atoms with E-state index in [9.17, 15) is 5.11 Å². The van der Waals surface area contributed by atoms with Crippen molar-refractivity contribution in [1.82, 2.24) is 14.8 Å². The fourth-order valence-electron chi connectivity index (χ4n) is 2.59. The average Bonchev–Trinajstić information content (AvgIpc) is 2.73. The molecule has 1 aromatic heterocycles. The zero-order valence-corrected chi connectivity index (χ0v) is 9.30. The van der Waals surface area contributed by atoms with Gasteiger partial charge >= 0.3 is 0 Å². The standard InChI is InChI=1S/C11H17N3O2/c15-9-1-4-14-10(7-9)12-13-11(14)8-2-5-16-6-3-8/h8-9,15H,1-7H2. The molecule has 0 aromatic carbocycles.